The number of nitrogens with one attached hydrogen (secondary N) is 1. The van der Waals surface area contributed by atoms with Crippen molar-refractivity contribution in [3.8, 4) is 0 Å². The monoisotopic (exact) mass is 400 g/mol. The quantitative estimate of drug-likeness (QED) is 0.781. The lowest BCUT2D eigenvalue weighted by atomic mass is 9.96. The molecule has 2 rings (SSSR count). The van der Waals surface area contributed by atoms with Gasteiger partial charge < -0.3 is 5.32 Å². The molecular weight excluding hydrogens is 372 g/mol. The van der Waals surface area contributed by atoms with E-state index in [-0.39, 0.29) is 11.9 Å². The van der Waals surface area contributed by atoms with Crippen molar-refractivity contribution in [2.24, 2.45) is 0 Å². The fourth-order valence-corrected chi connectivity index (χ4v) is 4.88. The molecule has 1 atom stereocenters. The summed E-state index contributed by atoms with van der Waals surface area (Å²) in [6.07, 6.45) is 9.32. The molecule has 1 aliphatic carbocycles. The van der Waals surface area contributed by atoms with Gasteiger partial charge in [0.05, 0.1) is 11.9 Å². The molecule has 1 aromatic rings. The molecule has 0 radical (unpaired) electrons. The van der Waals surface area contributed by atoms with E-state index >= 15 is 0 Å². The maximum atomic E-state index is 12.9. The molecule has 1 aliphatic rings. The molecule has 0 spiro atoms. The minimum Gasteiger partial charge on any atom is -0.352 e. The summed E-state index contributed by atoms with van der Waals surface area (Å²) in [6, 6.07) is 5.90. The summed E-state index contributed by atoms with van der Waals surface area (Å²) in [5.41, 5.74) is 0.455. The number of halogens is 1. The van der Waals surface area contributed by atoms with E-state index in [0.29, 0.717) is 17.1 Å². The first-order valence-corrected chi connectivity index (χ1v) is 11.6. The van der Waals surface area contributed by atoms with Gasteiger partial charge in [-0.2, -0.15) is 0 Å². The lowest BCUT2D eigenvalue weighted by Gasteiger charge is -2.32. The smallest absolute Gasteiger partial charge is 0.244 e. The number of rotatable bonds is 6. The van der Waals surface area contributed by atoms with Crippen LogP contribution in [-0.4, -0.2) is 32.7 Å². The molecule has 1 saturated carbocycles. The Balaban J connectivity index is 2.20. The first-order valence-electron chi connectivity index (χ1n) is 9.38. The predicted molar refractivity (Wildman–Crippen MR) is 107 cm³/mol. The Kier molecular flexibility index (Phi) is 7.77. The molecule has 0 aromatic heterocycles. The van der Waals surface area contributed by atoms with Crippen molar-refractivity contribution in [3.05, 3.63) is 29.3 Å². The summed E-state index contributed by atoms with van der Waals surface area (Å²) >= 11 is 5.92. The van der Waals surface area contributed by atoms with Gasteiger partial charge in [-0.25, -0.2) is 8.42 Å². The molecule has 0 unspecified atom stereocenters. The van der Waals surface area contributed by atoms with E-state index in [4.69, 9.17) is 11.6 Å². The van der Waals surface area contributed by atoms with Gasteiger partial charge in [-0.1, -0.05) is 50.6 Å². The van der Waals surface area contributed by atoms with Crippen LogP contribution in [0.25, 0.3) is 0 Å². The number of nitrogens with zero attached hydrogens (tertiary/aromatic N) is 1. The fourth-order valence-electron chi connectivity index (χ4n) is 3.55. The normalized spacial score (nSPS) is 17.8. The second-order valence-corrected chi connectivity index (χ2v) is 9.31. The average molecular weight is 401 g/mol. The summed E-state index contributed by atoms with van der Waals surface area (Å²) in [6.45, 7) is 1.83. The van der Waals surface area contributed by atoms with Crippen molar-refractivity contribution >= 4 is 33.2 Å². The van der Waals surface area contributed by atoms with Gasteiger partial charge in [0, 0.05) is 11.1 Å². The number of amides is 1. The van der Waals surface area contributed by atoms with Crippen molar-refractivity contribution in [2.45, 2.75) is 70.4 Å². The standard InChI is InChI=1S/C19H29ClN2O3S/c1-3-18(19(23)21-16-9-7-5-4-6-8-10-16)22(26(2,24)25)17-13-11-15(20)12-14-17/h11-14,16,18H,3-10H2,1-2H3,(H,21,23)/t18-/m1/s1. The molecule has 0 bridgehead atoms. The van der Waals surface area contributed by atoms with Crippen LogP contribution in [0.4, 0.5) is 5.69 Å². The molecule has 1 fully saturated rings. The van der Waals surface area contributed by atoms with Crippen LogP contribution in [0, 0.1) is 0 Å². The molecule has 146 valence electrons. The third kappa shape index (κ3) is 5.88. The lowest BCUT2D eigenvalue weighted by Crippen LogP contribution is -2.51. The molecule has 1 N–H and O–H groups in total. The number of hydrogen-bond acceptors (Lipinski definition) is 3. The van der Waals surface area contributed by atoms with Gasteiger partial charge in [-0.05, 0) is 43.5 Å². The van der Waals surface area contributed by atoms with Gasteiger partial charge in [-0.3, -0.25) is 9.10 Å². The maximum absolute atomic E-state index is 12.9. The molecule has 0 saturated heterocycles. The minimum atomic E-state index is -3.61. The topological polar surface area (TPSA) is 66.5 Å². The molecule has 0 aliphatic heterocycles. The van der Waals surface area contributed by atoms with Gasteiger partial charge >= 0.3 is 0 Å². The predicted octanol–water partition coefficient (Wildman–Crippen LogP) is 4.11. The first-order chi connectivity index (χ1) is 12.3. The Morgan fingerprint density at radius 3 is 2.19 bits per heavy atom. The summed E-state index contributed by atoms with van der Waals surface area (Å²) in [5.74, 6) is -0.224. The van der Waals surface area contributed by atoms with Crippen LogP contribution < -0.4 is 9.62 Å². The van der Waals surface area contributed by atoms with E-state index in [9.17, 15) is 13.2 Å². The summed E-state index contributed by atoms with van der Waals surface area (Å²) in [7, 11) is -3.61. The number of carbonyl (C=O) groups is 1. The number of anilines is 1. The third-order valence-corrected chi connectivity index (χ3v) is 6.29. The highest BCUT2D eigenvalue weighted by Gasteiger charge is 2.32. The first kappa shape index (κ1) is 21.0. The molecule has 26 heavy (non-hydrogen) atoms. The van der Waals surface area contributed by atoms with Crippen molar-refractivity contribution < 1.29 is 13.2 Å². The van der Waals surface area contributed by atoms with Crippen molar-refractivity contribution in [1.82, 2.24) is 5.32 Å². The maximum Gasteiger partial charge on any atom is 0.244 e. The highest BCUT2D eigenvalue weighted by Crippen LogP contribution is 2.25. The van der Waals surface area contributed by atoms with Crippen LogP contribution in [-0.2, 0) is 14.8 Å². The fraction of sp³-hybridized carbons (Fsp3) is 0.632. The van der Waals surface area contributed by atoms with Crippen LogP contribution in [0.3, 0.4) is 0 Å². The van der Waals surface area contributed by atoms with E-state index in [2.05, 4.69) is 5.32 Å². The van der Waals surface area contributed by atoms with Crippen LogP contribution in [0.5, 0.6) is 0 Å². The van der Waals surface area contributed by atoms with Gasteiger partial charge in [-0.15, -0.1) is 0 Å². The van der Waals surface area contributed by atoms with Crippen molar-refractivity contribution in [1.29, 1.82) is 0 Å². The van der Waals surface area contributed by atoms with E-state index in [1.807, 2.05) is 6.92 Å². The second-order valence-electron chi connectivity index (χ2n) is 7.01. The number of carbonyl (C=O) groups excluding carboxylic acids is 1. The molecule has 1 aromatic carbocycles. The zero-order valence-corrected chi connectivity index (χ0v) is 17.2. The van der Waals surface area contributed by atoms with Crippen LogP contribution in [0.2, 0.25) is 5.02 Å². The largest absolute Gasteiger partial charge is 0.352 e. The number of sulfonamides is 1. The Morgan fingerprint density at radius 2 is 1.69 bits per heavy atom. The lowest BCUT2D eigenvalue weighted by molar-refractivity contribution is -0.123. The SMILES string of the molecule is CC[C@H](C(=O)NC1CCCCCCC1)N(c1ccc(Cl)cc1)S(C)(=O)=O. The van der Waals surface area contributed by atoms with Gasteiger partial charge in [0.25, 0.3) is 0 Å². The van der Waals surface area contributed by atoms with E-state index in [0.717, 1.165) is 31.9 Å². The summed E-state index contributed by atoms with van der Waals surface area (Å²) in [4.78, 5) is 12.9. The molecule has 7 heteroatoms. The summed E-state index contributed by atoms with van der Waals surface area (Å²) < 4.78 is 26.1. The van der Waals surface area contributed by atoms with E-state index in [1.165, 1.54) is 23.6 Å². The molecule has 0 heterocycles. The van der Waals surface area contributed by atoms with Crippen LogP contribution in [0.15, 0.2) is 24.3 Å². The molecule has 5 nitrogen and oxygen atoms in total. The zero-order valence-electron chi connectivity index (χ0n) is 15.6. The van der Waals surface area contributed by atoms with Crippen molar-refractivity contribution in [3.63, 3.8) is 0 Å². The van der Waals surface area contributed by atoms with E-state index < -0.39 is 16.1 Å². The average Bonchev–Trinajstić information content (AvgIpc) is 2.54. The zero-order chi connectivity index (χ0) is 19.2. The minimum absolute atomic E-state index is 0.128. The van der Waals surface area contributed by atoms with Gasteiger partial charge in [0.1, 0.15) is 6.04 Å². The number of benzene rings is 1. The second kappa shape index (κ2) is 9.60. The molecular formula is C19H29ClN2O3S. The third-order valence-electron chi connectivity index (χ3n) is 4.86. The Morgan fingerprint density at radius 1 is 1.15 bits per heavy atom. The van der Waals surface area contributed by atoms with Crippen molar-refractivity contribution in [2.75, 3.05) is 10.6 Å². The van der Waals surface area contributed by atoms with E-state index in [1.54, 1.807) is 24.3 Å². The highest BCUT2D eigenvalue weighted by molar-refractivity contribution is 7.92. The Labute approximate surface area is 162 Å². The molecule has 1 amide bonds. The summed E-state index contributed by atoms with van der Waals surface area (Å²) in [5, 5.41) is 3.62. The number of hydrogen-bond donors (Lipinski definition) is 1. The van der Waals surface area contributed by atoms with Crippen LogP contribution >= 0.6 is 11.6 Å². The van der Waals surface area contributed by atoms with Gasteiger partial charge in [0.2, 0.25) is 15.9 Å². The Bertz CT molecular complexity index is 683. The highest BCUT2D eigenvalue weighted by atomic mass is 35.5. The Hall–Kier alpha value is -1.27. The van der Waals surface area contributed by atoms with Crippen LogP contribution in [0.1, 0.15) is 58.3 Å². The van der Waals surface area contributed by atoms with Gasteiger partial charge in [0.15, 0.2) is 0 Å².